The number of morpholine rings is 1. The summed E-state index contributed by atoms with van der Waals surface area (Å²) in [5.41, 5.74) is 2.36. The van der Waals surface area contributed by atoms with Crippen LogP contribution in [0.15, 0.2) is 18.2 Å². The Morgan fingerprint density at radius 2 is 1.93 bits per heavy atom. The molecular formula is C20H27N5O3. The molecule has 2 aliphatic heterocycles. The summed E-state index contributed by atoms with van der Waals surface area (Å²) in [4.78, 5) is 36.0. The number of ether oxygens (including phenoxy) is 1. The van der Waals surface area contributed by atoms with Gasteiger partial charge in [0.25, 0.3) is 5.91 Å². The van der Waals surface area contributed by atoms with Crippen molar-refractivity contribution in [2.24, 2.45) is 7.05 Å². The van der Waals surface area contributed by atoms with Gasteiger partial charge in [0.1, 0.15) is 6.04 Å². The Balaban J connectivity index is 1.64. The molecule has 2 amide bonds. The van der Waals surface area contributed by atoms with Crippen molar-refractivity contribution in [3.05, 3.63) is 23.8 Å². The lowest BCUT2D eigenvalue weighted by atomic mass is 10.1. The molecule has 1 atom stereocenters. The molecule has 8 nitrogen and oxygen atoms in total. The summed E-state index contributed by atoms with van der Waals surface area (Å²) in [5.74, 6) is 0.800. The van der Waals surface area contributed by atoms with Crippen LogP contribution in [0, 0.1) is 0 Å². The smallest absolute Gasteiger partial charge is 0.254 e. The highest BCUT2D eigenvalue weighted by Crippen LogP contribution is 2.25. The fraction of sp³-hybridized carbons (Fsp3) is 0.550. The van der Waals surface area contributed by atoms with Gasteiger partial charge in [-0.3, -0.25) is 9.59 Å². The molecule has 2 saturated heterocycles. The van der Waals surface area contributed by atoms with E-state index in [1.165, 1.54) is 0 Å². The molecule has 2 aromatic rings. The number of nitrogens with zero attached hydrogens (tertiary/aromatic N) is 5. The van der Waals surface area contributed by atoms with Crippen molar-refractivity contribution in [2.75, 3.05) is 51.3 Å². The molecule has 3 heterocycles. The SMILES string of the molecule is CC[C@H]1C(=O)N(C)CCN1C(=O)c1ccc2c(c1)nc(N1CCOCC1)n2C. The molecule has 8 heteroatoms. The summed E-state index contributed by atoms with van der Waals surface area (Å²) in [6.07, 6.45) is 0.613. The predicted molar refractivity (Wildman–Crippen MR) is 106 cm³/mol. The Morgan fingerprint density at radius 3 is 2.64 bits per heavy atom. The number of amides is 2. The lowest BCUT2D eigenvalue weighted by Gasteiger charge is -2.38. The fourth-order valence-electron chi connectivity index (χ4n) is 4.08. The number of anilines is 1. The molecule has 2 aliphatic rings. The molecule has 0 N–H and O–H groups in total. The monoisotopic (exact) mass is 385 g/mol. The van der Waals surface area contributed by atoms with Crippen LogP contribution in [0.25, 0.3) is 11.0 Å². The number of aromatic nitrogens is 2. The van der Waals surface area contributed by atoms with Crippen molar-refractivity contribution in [1.82, 2.24) is 19.4 Å². The van der Waals surface area contributed by atoms with E-state index in [-0.39, 0.29) is 11.8 Å². The van der Waals surface area contributed by atoms with Gasteiger partial charge in [-0.15, -0.1) is 0 Å². The highest BCUT2D eigenvalue weighted by Gasteiger charge is 2.35. The first-order valence-electron chi connectivity index (χ1n) is 9.86. The summed E-state index contributed by atoms with van der Waals surface area (Å²) in [7, 11) is 3.79. The van der Waals surface area contributed by atoms with Crippen LogP contribution in [-0.4, -0.2) is 83.6 Å². The largest absolute Gasteiger partial charge is 0.378 e. The van der Waals surface area contributed by atoms with Gasteiger partial charge in [0.05, 0.1) is 24.2 Å². The van der Waals surface area contributed by atoms with Gasteiger partial charge in [-0.2, -0.15) is 0 Å². The number of hydrogen-bond donors (Lipinski definition) is 0. The fourth-order valence-corrected chi connectivity index (χ4v) is 4.08. The number of fused-ring (bicyclic) bond motifs is 1. The standard InChI is InChI=1S/C20H27N5O3/c1-4-16-19(27)22(2)7-8-25(16)18(26)14-5-6-17-15(13-14)21-20(23(17)3)24-9-11-28-12-10-24/h5-6,13,16H,4,7-12H2,1-3H3/t16-/m0/s1. The minimum absolute atomic E-state index is 0.00983. The van der Waals surface area contributed by atoms with E-state index in [1.54, 1.807) is 16.8 Å². The van der Waals surface area contributed by atoms with Crippen molar-refractivity contribution in [1.29, 1.82) is 0 Å². The number of hydrogen-bond acceptors (Lipinski definition) is 5. The summed E-state index contributed by atoms with van der Waals surface area (Å²) < 4.78 is 7.49. The molecule has 2 fully saturated rings. The van der Waals surface area contributed by atoms with Crippen molar-refractivity contribution in [3.8, 4) is 0 Å². The number of carbonyl (C=O) groups excluding carboxylic acids is 2. The molecule has 1 aromatic heterocycles. The lowest BCUT2D eigenvalue weighted by molar-refractivity contribution is -0.138. The van der Waals surface area contributed by atoms with Crippen LogP contribution in [0.4, 0.5) is 5.95 Å². The zero-order valence-electron chi connectivity index (χ0n) is 16.7. The first-order valence-corrected chi connectivity index (χ1v) is 9.86. The first-order chi connectivity index (χ1) is 13.5. The molecule has 28 heavy (non-hydrogen) atoms. The zero-order chi connectivity index (χ0) is 19.8. The Kier molecular flexibility index (Phi) is 4.97. The van der Waals surface area contributed by atoms with Gasteiger partial charge in [0, 0.05) is 45.8 Å². The van der Waals surface area contributed by atoms with Crippen LogP contribution >= 0.6 is 0 Å². The van der Waals surface area contributed by atoms with Crippen LogP contribution in [0.1, 0.15) is 23.7 Å². The van der Waals surface area contributed by atoms with Gasteiger partial charge < -0.3 is 24.0 Å². The zero-order valence-corrected chi connectivity index (χ0v) is 16.7. The van der Waals surface area contributed by atoms with Crippen molar-refractivity contribution >= 4 is 28.8 Å². The third-order valence-corrected chi connectivity index (χ3v) is 5.76. The first kappa shape index (κ1) is 18.7. The molecule has 0 saturated carbocycles. The number of rotatable bonds is 3. The van der Waals surface area contributed by atoms with Gasteiger partial charge in [-0.25, -0.2) is 4.98 Å². The Morgan fingerprint density at radius 1 is 1.18 bits per heavy atom. The number of likely N-dealkylation sites (N-methyl/N-ethyl adjacent to an activating group) is 1. The van der Waals surface area contributed by atoms with Crippen molar-refractivity contribution < 1.29 is 14.3 Å². The van der Waals surface area contributed by atoms with Gasteiger partial charge in [0.2, 0.25) is 11.9 Å². The van der Waals surface area contributed by atoms with Crippen LogP contribution < -0.4 is 4.90 Å². The van der Waals surface area contributed by atoms with Crippen molar-refractivity contribution in [2.45, 2.75) is 19.4 Å². The molecule has 0 aliphatic carbocycles. The van der Waals surface area contributed by atoms with E-state index < -0.39 is 6.04 Å². The Bertz CT molecular complexity index is 903. The predicted octanol–water partition coefficient (Wildman–Crippen LogP) is 1.10. The topological polar surface area (TPSA) is 70.9 Å². The Hall–Kier alpha value is -2.61. The van der Waals surface area contributed by atoms with Crippen LogP contribution in [0.5, 0.6) is 0 Å². The average Bonchev–Trinajstić information content (AvgIpc) is 3.06. The van der Waals surface area contributed by atoms with Crippen LogP contribution in [0.3, 0.4) is 0 Å². The third kappa shape index (κ3) is 3.11. The second-order valence-corrected chi connectivity index (χ2v) is 7.46. The van der Waals surface area contributed by atoms with Gasteiger partial charge >= 0.3 is 0 Å². The molecule has 0 bridgehead atoms. The summed E-state index contributed by atoms with van der Waals surface area (Å²) >= 11 is 0. The highest BCUT2D eigenvalue weighted by molar-refractivity contribution is 6.00. The maximum absolute atomic E-state index is 13.2. The molecular weight excluding hydrogens is 358 g/mol. The van der Waals surface area contributed by atoms with Gasteiger partial charge in [0.15, 0.2) is 0 Å². The van der Waals surface area contributed by atoms with Crippen molar-refractivity contribution in [3.63, 3.8) is 0 Å². The van der Waals surface area contributed by atoms with E-state index in [4.69, 9.17) is 9.72 Å². The number of aryl methyl sites for hydroxylation is 1. The molecule has 150 valence electrons. The van der Waals surface area contributed by atoms with Gasteiger partial charge in [-0.05, 0) is 24.6 Å². The minimum atomic E-state index is -0.394. The average molecular weight is 385 g/mol. The minimum Gasteiger partial charge on any atom is -0.378 e. The summed E-state index contributed by atoms with van der Waals surface area (Å²) in [6, 6.07) is 5.23. The number of carbonyl (C=O) groups is 2. The van der Waals surface area contributed by atoms with E-state index in [9.17, 15) is 9.59 Å². The summed E-state index contributed by atoms with van der Waals surface area (Å²) in [5, 5.41) is 0. The summed E-state index contributed by atoms with van der Waals surface area (Å²) in [6.45, 7) is 6.08. The Labute approximate surface area is 164 Å². The maximum atomic E-state index is 13.2. The second kappa shape index (κ2) is 7.43. The molecule has 1 aromatic carbocycles. The van der Waals surface area contributed by atoms with Crippen LogP contribution in [0.2, 0.25) is 0 Å². The number of piperazine rings is 1. The molecule has 0 unspecified atom stereocenters. The van der Waals surface area contributed by atoms with E-state index in [0.717, 1.165) is 30.1 Å². The maximum Gasteiger partial charge on any atom is 0.254 e. The third-order valence-electron chi connectivity index (χ3n) is 5.76. The number of imidazole rings is 1. The van der Waals surface area contributed by atoms with Gasteiger partial charge in [-0.1, -0.05) is 6.92 Å². The quantitative estimate of drug-likeness (QED) is 0.791. The van der Waals surface area contributed by atoms with E-state index in [2.05, 4.69) is 9.47 Å². The number of benzene rings is 1. The van der Waals surface area contributed by atoms with Crippen LogP contribution in [-0.2, 0) is 16.6 Å². The second-order valence-electron chi connectivity index (χ2n) is 7.46. The normalized spacial score (nSPS) is 20.9. The molecule has 4 rings (SSSR count). The highest BCUT2D eigenvalue weighted by atomic mass is 16.5. The molecule has 0 spiro atoms. The lowest BCUT2D eigenvalue weighted by Crippen LogP contribution is -2.57. The van der Waals surface area contributed by atoms with E-state index >= 15 is 0 Å². The van der Waals surface area contributed by atoms with E-state index in [0.29, 0.717) is 38.3 Å². The molecule has 0 radical (unpaired) electrons. The van der Waals surface area contributed by atoms with E-state index in [1.807, 2.05) is 32.2 Å².